The van der Waals surface area contributed by atoms with Gasteiger partial charge in [-0.25, -0.2) is 4.79 Å². The number of aliphatic carboxylic acids is 1. The first-order valence-corrected chi connectivity index (χ1v) is 4.71. The Hall–Kier alpha value is -2.07. The summed E-state index contributed by atoms with van der Waals surface area (Å²) in [4.78, 5) is 11.2. The molecule has 0 amide bonds. The number of benzene rings is 1. The summed E-state index contributed by atoms with van der Waals surface area (Å²) in [5.74, 6) is -1.38. The third-order valence-corrected chi connectivity index (χ3v) is 2.38. The minimum absolute atomic E-state index is 0.00815. The SMILES string of the molecule is O=C(O)[C@](O)(c1ccccc1)c1ccco1. The van der Waals surface area contributed by atoms with Gasteiger partial charge in [0.15, 0.2) is 5.76 Å². The zero-order chi connectivity index (χ0) is 11.6. The molecule has 16 heavy (non-hydrogen) atoms. The molecule has 82 valence electrons. The summed E-state index contributed by atoms with van der Waals surface area (Å²) in [7, 11) is 0. The highest BCUT2D eigenvalue weighted by atomic mass is 16.4. The number of hydrogen-bond acceptors (Lipinski definition) is 3. The van der Waals surface area contributed by atoms with Gasteiger partial charge in [-0.2, -0.15) is 0 Å². The van der Waals surface area contributed by atoms with Crippen molar-refractivity contribution in [2.75, 3.05) is 0 Å². The Morgan fingerprint density at radius 1 is 1.12 bits per heavy atom. The van der Waals surface area contributed by atoms with Crippen LogP contribution in [0.4, 0.5) is 0 Å². The zero-order valence-corrected chi connectivity index (χ0v) is 8.33. The quantitative estimate of drug-likeness (QED) is 0.820. The van der Waals surface area contributed by atoms with Crippen LogP contribution in [0.25, 0.3) is 0 Å². The van der Waals surface area contributed by atoms with Gasteiger partial charge in [0.05, 0.1) is 6.26 Å². The van der Waals surface area contributed by atoms with E-state index in [0.717, 1.165) is 0 Å². The standard InChI is InChI=1S/C12H10O4/c13-11(14)12(15,10-7-4-8-16-10)9-5-2-1-3-6-9/h1-8,15H,(H,13,14)/t12-/m0/s1. The minimum Gasteiger partial charge on any atom is -0.478 e. The van der Waals surface area contributed by atoms with Gasteiger partial charge in [-0.15, -0.1) is 0 Å². The number of aliphatic hydroxyl groups is 1. The molecule has 2 aromatic rings. The van der Waals surface area contributed by atoms with Gasteiger partial charge in [0, 0.05) is 5.56 Å². The fourth-order valence-corrected chi connectivity index (χ4v) is 1.53. The monoisotopic (exact) mass is 218 g/mol. The molecule has 2 N–H and O–H groups in total. The lowest BCUT2D eigenvalue weighted by molar-refractivity contribution is -0.156. The normalized spacial score (nSPS) is 14.3. The van der Waals surface area contributed by atoms with E-state index < -0.39 is 11.6 Å². The zero-order valence-electron chi connectivity index (χ0n) is 8.33. The van der Waals surface area contributed by atoms with Crippen LogP contribution in [-0.2, 0) is 10.4 Å². The highest BCUT2D eigenvalue weighted by Gasteiger charge is 2.42. The topological polar surface area (TPSA) is 70.7 Å². The molecule has 4 nitrogen and oxygen atoms in total. The number of carbonyl (C=O) groups is 1. The second-order valence-corrected chi connectivity index (χ2v) is 3.36. The molecule has 0 saturated carbocycles. The number of carboxylic acid groups (broad SMARTS) is 1. The molecule has 0 fully saturated rings. The van der Waals surface area contributed by atoms with E-state index in [1.807, 2.05) is 0 Å². The molecule has 0 unspecified atom stereocenters. The first-order chi connectivity index (χ1) is 7.65. The summed E-state index contributed by atoms with van der Waals surface area (Å²) in [6.07, 6.45) is 1.33. The van der Waals surface area contributed by atoms with Gasteiger partial charge in [0.2, 0.25) is 5.60 Å². The van der Waals surface area contributed by atoms with Crippen molar-refractivity contribution in [1.29, 1.82) is 0 Å². The van der Waals surface area contributed by atoms with Crippen LogP contribution in [0.1, 0.15) is 11.3 Å². The lowest BCUT2D eigenvalue weighted by atomic mass is 9.91. The Bertz CT molecular complexity index is 475. The first-order valence-electron chi connectivity index (χ1n) is 4.71. The second kappa shape index (κ2) is 3.83. The fraction of sp³-hybridized carbons (Fsp3) is 0.0833. The Balaban J connectivity index is 2.58. The van der Waals surface area contributed by atoms with Gasteiger partial charge in [-0.05, 0) is 12.1 Å². The molecule has 1 heterocycles. The van der Waals surface area contributed by atoms with Gasteiger partial charge in [-0.1, -0.05) is 30.3 Å². The van der Waals surface area contributed by atoms with Gasteiger partial charge < -0.3 is 14.6 Å². The molecule has 0 bridgehead atoms. The van der Waals surface area contributed by atoms with Gasteiger partial charge >= 0.3 is 5.97 Å². The molecule has 0 spiro atoms. The van der Waals surface area contributed by atoms with Crippen LogP contribution < -0.4 is 0 Å². The minimum atomic E-state index is -2.13. The molecule has 1 aromatic carbocycles. The molecule has 0 aliphatic carbocycles. The third kappa shape index (κ3) is 1.49. The predicted molar refractivity (Wildman–Crippen MR) is 55.8 cm³/mol. The Morgan fingerprint density at radius 2 is 1.81 bits per heavy atom. The van der Waals surface area contributed by atoms with Crippen molar-refractivity contribution in [2.24, 2.45) is 0 Å². The van der Waals surface area contributed by atoms with Gasteiger partial charge in [0.25, 0.3) is 0 Å². The molecule has 1 aromatic heterocycles. The summed E-state index contributed by atoms with van der Waals surface area (Å²) >= 11 is 0. The lowest BCUT2D eigenvalue weighted by Crippen LogP contribution is -2.36. The maximum Gasteiger partial charge on any atom is 0.348 e. The van der Waals surface area contributed by atoms with E-state index in [2.05, 4.69) is 0 Å². The van der Waals surface area contributed by atoms with Crippen molar-refractivity contribution >= 4 is 5.97 Å². The molecular formula is C12H10O4. The number of carboxylic acids is 1. The van der Waals surface area contributed by atoms with E-state index in [1.54, 1.807) is 18.2 Å². The number of furan rings is 1. The van der Waals surface area contributed by atoms with Crippen molar-refractivity contribution in [3.8, 4) is 0 Å². The van der Waals surface area contributed by atoms with Crippen LogP contribution in [0.15, 0.2) is 53.1 Å². The summed E-state index contributed by atoms with van der Waals surface area (Å²) in [5.41, 5.74) is -1.87. The highest BCUT2D eigenvalue weighted by molar-refractivity contribution is 5.82. The van der Waals surface area contributed by atoms with Crippen molar-refractivity contribution < 1.29 is 19.4 Å². The van der Waals surface area contributed by atoms with Crippen LogP contribution in [0.2, 0.25) is 0 Å². The highest BCUT2D eigenvalue weighted by Crippen LogP contribution is 2.29. The van der Waals surface area contributed by atoms with Crippen molar-refractivity contribution in [3.05, 3.63) is 60.1 Å². The number of rotatable bonds is 3. The van der Waals surface area contributed by atoms with Crippen LogP contribution in [0.3, 0.4) is 0 Å². The molecular weight excluding hydrogens is 208 g/mol. The molecule has 2 rings (SSSR count). The van der Waals surface area contributed by atoms with Gasteiger partial charge in [0.1, 0.15) is 0 Å². The Morgan fingerprint density at radius 3 is 2.31 bits per heavy atom. The van der Waals surface area contributed by atoms with Crippen molar-refractivity contribution in [2.45, 2.75) is 5.60 Å². The van der Waals surface area contributed by atoms with Crippen LogP contribution >= 0.6 is 0 Å². The molecule has 0 aliphatic rings. The average molecular weight is 218 g/mol. The Kier molecular flexibility index (Phi) is 2.50. The van der Waals surface area contributed by atoms with Gasteiger partial charge in [-0.3, -0.25) is 0 Å². The summed E-state index contributed by atoms with van der Waals surface area (Å²) in [6, 6.07) is 11.1. The summed E-state index contributed by atoms with van der Waals surface area (Å²) < 4.78 is 4.98. The smallest absolute Gasteiger partial charge is 0.348 e. The van der Waals surface area contributed by atoms with E-state index in [4.69, 9.17) is 9.52 Å². The third-order valence-electron chi connectivity index (χ3n) is 2.38. The fourth-order valence-electron chi connectivity index (χ4n) is 1.53. The largest absolute Gasteiger partial charge is 0.478 e. The van der Waals surface area contributed by atoms with E-state index in [1.165, 1.54) is 30.5 Å². The molecule has 0 saturated heterocycles. The van der Waals surface area contributed by atoms with Crippen molar-refractivity contribution in [1.82, 2.24) is 0 Å². The summed E-state index contributed by atoms with van der Waals surface area (Å²) in [6.45, 7) is 0. The average Bonchev–Trinajstić information content (AvgIpc) is 2.82. The van der Waals surface area contributed by atoms with Crippen LogP contribution in [0.5, 0.6) is 0 Å². The number of hydrogen-bond donors (Lipinski definition) is 2. The molecule has 0 radical (unpaired) electrons. The molecule has 0 aliphatic heterocycles. The maximum absolute atomic E-state index is 11.2. The maximum atomic E-state index is 11.2. The Labute approximate surface area is 91.8 Å². The summed E-state index contributed by atoms with van der Waals surface area (Å²) in [5, 5.41) is 19.4. The van der Waals surface area contributed by atoms with Crippen LogP contribution in [-0.4, -0.2) is 16.2 Å². The van der Waals surface area contributed by atoms with Crippen LogP contribution in [0, 0.1) is 0 Å². The first kappa shape index (κ1) is 10.4. The van der Waals surface area contributed by atoms with E-state index in [-0.39, 0.29) is 11.3 Å². The lowest BCUT2D eigenvalue weighted by Gasteiger charge is -2.21. The van der Waals surface area contributed by atoms with E-state index in [9.17, 15) is 9.90 Å². The van der Waals surface area contributed by atoms with Crippen molar-refractivity contribution in [3.63, 3.8) is 0 Å². The molecule has 1 atom stereocenters. The second-order valence-electron chi connectivity index (χ2n) is 3.36. The molecule has 4 heteroatoms. The van der Waals surface area contributed by atoms with E-state index in [0.29, 0.717) is 0 Å². The van der Waals surface area contributed by atoms with E-state index >= 15 is 0 Å². The predicted octanol–water partition coefficient (Wildman–Crippen LogP) is 1.60.